The smallest absolute Gasteiger partial charge is 0.416 e. The van der Waals surface area contributed by atoms with Crippen LogP contribution in [0.15, 0.2) is 78.9 Å². The Hall–Kier alpha value is -5.05. The van der Waals surface area contributed by atoms with Gasteiger partial charge in [0.05, 0.1) is 28.1 Å². The first-order chi connectivity index (χ1) is 19.0. The molecular weight excluding hydrogens is 521 g/mol. The summed E-state index contributed by atoms with van der Waals surface area (Å²) in [4.78, 5) is 24.7. The van der Waals surface area contributed by atoms with Crippen molar-refractivity contribution in [2.75, 3.05) is 10.6 Å². The quantitative estimate of drug-likeness (QED) is 0.156. The molecule has 0 saturated carbocycles. The number of aromatic hydroxyl groups is 1. The molecule has 0 unspecified atom stereocenters. The van der Waals surface area contributed by atoms with Crippen molar-refractivity contribution >= 4 is 34.5 Å². The van der Waals surface area contributed by atoms with Crippen molar-refractivity contribution in [2.45, 2.75) is 20.0 Å². The van der Waals surface area contributed by atoms with Gasteiger partial charge in [-0.2, -0.15) is 13.2 Å². The third-order valence-corrected chi connectivity index (χ3v) is 6.93. The van der Waals surface area contributed by atoms with Crippen molar-refractivity contribution in [3.05, 3.63) is 112 Å². The molecular formula is C31H23F3N2O4. The highest BCUT2D eigenvalue weighted by atomic mass is 19.4. The van der Waals surface area contributed by atoms with Gasteiger partial charge in [-0.3, -0.25) is 4.79 Å². The first-order valence-corrected chi connectivity index (χ1v) is 12.2. The molecule has 202 valence electrons. The predicted octanol–water partition coefficient (Wildman–Crippen LogP) is 7.33. The van der Waals surface area contributed by atoms with E-state index in [0.717, 1.165) is 23.3 Å². The lowest BCUT2D eigenvalue weighted by atomic mass is 9.94. The van der Waals surface area contributed by atoms with E-state index in [-0.39, 0.29) is 33.8 Å². The number of carbonyl (C=O) groups is 2. The van der Waals surface area contributed by atoms with Gasteiger partial charge >= 0.3 is 12.1 Å². The number of carboxylic acids is 1. The van der Waals surface area contributed by atoms with Crippen LogP contribution in [-0.2, 0) is 11.0 Å². The van der Waals surface area contributed by atoms with E-state index in [0.29, 0.717) is 22.4 Å². The third-order valence-electron chi connectivity index (χ3n) is 6.93. The summed E-state index contributed by atoms with van der Waals surface area (Å²) in [7, 11) is 0. The van der Waals surface area contributed by atoms with Crippen LogP contribution in [-0.4, -0.2) is 22.1 Å². The number of hydrogen-bond donors (Lipinski definition) is 4. The van der Waals surface area contributed by atoms with Crippen LogP contribution in [0.4, 0.5) is 24.5 Å². The Kier molecular flexibility index (Phi) is 6.59. The molecule has 1 amide bonds. The van der Waals surface area contributed by atoms with Crippen LogP contribution in [0.25, 0.3) is 22.4 Å². The summed E-state index contributed by atoms with van der Waals surface area (Å²) < 4.78 is 40.1. The molecule has 0 radical (unpaired) electrons. The number of anilines is 2. The van der Waals surface area contributed by atoms with E-state index in [9.17, 15) is 33.0 Å². The van der Waals surface area contributed by atoms with Gasteiger partial charge in [0.1, 0.15) is 5.75 Å². The van der Waals surface area contributed by atoms with Crippen molar-refractivity contribution in [1.29, 1.82) is 0 Å². The minimum atomic E-state index is -4.58. The normalized spacial score (nSPS) is 14.0. The molecule has 1 heterocycles. The van der Waals surface area contributed by atoms with Crippen molar-refractivity contribution in [3.8, 4) is 16.9 Å². The van der Waals surface area contributed by atoms with Crippen LogP contribution >= 0.6 is 0 Å². The Morgan fingerprint density at radius 2 is 1.62 bits per heavy atom. The highest BCUT2D eigenvalue weighted by molar-refractivity contribution is 6.37. The Morgan fingerprint density at radius 3 is 2.35 bits per heavy atom. The minimum Gasteiger partial charge on any atom is -0.505 e. The molecule has 9 heteroatoms. The molecule has 0 atom stereocenters. The fourth-order valence-corrected chi connectivity index (χ4v) is 4.72. The summed E-state index contributed by atoms with van der Waals surface area (Å²) in [6, 6.07) is 19.5. The highest BCUT2D eigenvalue weighted by Gasteiger charge is 2.35. The van der Waals surface area contributed by atoms with E-state index < -0.39 is 23.6 Å². The molecule has 4 N–H and O–H groups in total. The summed E-state index contributed by atoms with van der Waals surface area (Å²) in [5.41, 5.74) is 3.30. The molecule has 4 aromatic carbocycles. The molecule has 0 fully saturated rings. The summed E-state index contributed by atoms with van der Waals surface area (Å²) in [6.07, 6.45) is -4.58. The van der Waals surface area contributed by atoms with Gasteiger partial charge in [-0.1, -0.05) is 48.5 Å². The first-order valence-electron chi connectivity index (χ1n) is 12.2. The Morgan fingerprint density at radius 1 is 0.900 bits per heavy atom. The SMILES string of the molecule is Cc1cccc(C(Nc2cccc(-c3cccc(C(=O)O)c3)c2O)=C2C(=O)Nc3cc(C(F)(F)F)ccc32)c1C. The number of halogens is 3. The number of nitrogens with one attached hydrogen (secondary N) is 2. The molecule has 40 heavy (non-hydrogen) atoms. The van der Waals surface area contributed by atoms with Gasteiger partial charge in [0.15, 0.2) is 0 Å². The van der Waals surface area contributed by atoms with E-state index in [2.05, 4.69) is 10.6 Å². The van der Waals surface area contributed by atoms with Gasteiger partial charge in [-0.15, -0.1) is 0 Å². The summed E-state index contributed by atoms with van der Waals surface area (Å²) in [6.45, 7) is 3.76. The number of para-hydroxylation sites is 1. The number of carboxylic acid groups (broad SMARTS) is 1. The van der Waals surface area contributed by atoms with Crippen molar-refractivity contribution < 1.29 is 33.0 Å². The van der Waals surface area contributed by atoms with E-state index in [4.69, 9.17) is 0 Å². The van der Waals surface area contributed by atoms with Crippen LogP contribution < -0.4 is 10.6 Å². The lowest BCUT2D eigenvalue weighted by Crippen LogP contribution is -2.11. The molecule has 1 aliphatic rings. The summed E-state index contributed by atoms with van der Waals surface area (Å²) >= 11 is 0. The average molecular weight is 545 g/mol. The number of amides is 1. The fourth-order valence-electron chi connectivity index (χ4n) is 4.72. The monoisotopic (exact) mass is 544 g/mol. The van der Waals surface area contributed by atoms with Gasteiger partial charge in [-0.05, 0) is 60.9 Å². The predicted molar refractivity (Wildman–Crippen MR) is 147 cm³/mol. The van der Waals surface area contributed by atoms with Crippen molar-refractivity contribution in [2.24, 2.45) is 0 Å². The van der Waals surface area contributed by atoms with Gasteiger partial charge < -0.3 is 20.8 Å². The minimum absolute atomic E-state index is 0.0305. The van der Waals surface area contributed by atoms with Crippen LogP contribution in [0.1, 0.15) is 38.2 Å². The van der Waals surface area contributed by atoms with Gasteiger partial charge in [0.25, 0.3) is 5.91 Å². The molecule has 4 aromatic rings. The number of rotatable bonds is 5. The van der Waals surface area contributed by atoms with Gasteiger partial charge in [-0.25, -0.2) is 4.79 Å². The second-order valence-corrected chi connectivity index (χ2v) is 9.42. The Bertz CT molecular complexity index is 1720. The molecule has 0 saturated heterocycles. The number of aryl methyl sites for hydroxylation is 1. The Balaban J connectivity index is 1.70. The van der Waals surface area contributed by atoms with Crippen LogP contribution in [0.2, 0.25) is 0 Å². The summed E-state index contributed by atoms with van der Waals surface area (Å²) in [5.74, 6) is -1.90. The molecule has 0 spiro atoms. The highest BCUT2D eigenvalue weighted by Crippen LogP contribution is 2.43. The molecule has 6 nitrogen and oxygen atoms in total. The number of benzene rings is 4. The van der Waals surface area contributed by atoms with E-state index in [1.807, 2.05) is 19.9 Å². The van der Waals surface area contributed by atoms with Crippen LogP contribution in [0, 0.1) is 13.8 Å². The number of carbonyl (C=O) groups excluding carboxylic acids is 1. The van der Waals surface area contributed by atoms with E-state index >= 15 is 0 Å². The first kappa shape index (κ1) is 26.6. The second kappa shape index (κ2) is 9.92. The largest absolute Gasteiger partial charge is 0.505 e. The Labute approximate surface area is 227 Å². The number of phenols is 1. The fraction of sp³-hybridized carbons (Fsp3) is 0.0968. The number of hydrogen-bond acceptors (Lipinski definition) is 4. The number of alkyl halides is 3. The lowest BCUT2D eigenvalue weighted by molar-refractivity contribution is -0.137. The molecule has 5 rings (SSSR count). The number of phenolic OH excluding ortho intramolecular Hbond substituents is 1. The zero-order valence-electron chi connectivity index (χ0n) is 21.4. The molecule has 1 aliphatic heterocycles. The zero-order chi connectivity index (χ0) is 28.8. The second-order valence-electron chi connectivity index (χ2n) is 9.42. The molecule has 0 aromatic heterocycles. The maximum Gasteiger partial charge on any atom is 0.416 e. The molecule has 0 bridgehead atoms. The maximum atomic E-state index is 13.4. The van der Waals surface area contributed by atoms with Crippen LogP contribution in [0.3, 0.4) is 0 Å². The number of aromatic carboxylic acids is 1. The van der Waals surface area contributed by atoms with Crippen molar-refractivity contribution in [1.82, 2.24) is 0 Å². The van der Waals surface area contributed by atoms with Gasteiger partial charge in [0, 0.05) is 22.4 Å². The average Bonchev–Trinajstić information content (AvgIpc) is 3.24. The van der Waals surface area contributed by atoms with Crippen LogP contribution in [0.5, 0.6) is 5.75 Å². The third kappa shape index (κ3) is 4.77. The van der Waals surface area contributed by atoms with Gasteiger partial charge in [0.2, 0.25) is 0 Å². The summed E-state index contributed by atoms with van der Waals surface area (Å²) in [5, 5.41) is 26.4. The zero-order valence-corrected chi connectivity index (χ0v) is 21.4. The number of fused-ring (bicyclic) bond motifs is 1. The van der Waals surface area contributed by atoms with Crippen molar-refractivity contribution in [3.63, 3.8) is 0 Å². The topological polar surface area (TPSA) is 98.7 Å². The van der Waals surface area contributed by atoms with E-state index in [1.165, 1.54) is 18.2 Å². The molecule has 0 aliphatic carbocycles. The lowest BCUT2D eigenvalue weighted by Gasteiger charge is -2.19. The van der Waals surface area contributed by atoms with E-state index in [1.54, 1.807) is 42.5 Å². The standard InChI is InChI=1S/C31H23F3N2O4/c1-16-6-3-9-21(17(16)2)27(26-23-13-12-20(31(32,33)34)15-25(23)36-29(26)38)35-24-11-5-10-22(28(24)37)18-7-4-8-19(14-18)30(39)40/h3-15,35,37H,1-2H3,(H,36,38)(H,39,40). The maximum absolute atomic E-state index is 13.4.